The highest BCUT2D eigenvalue weighted by Crippen LogP contribution is 2.35. The second-order valence-corrected chi connectivity index (χ2v) is 15.3. The highest BCUT2D eigenvalue weighted by molar-refractivity contribution is 6.23. The number of nitrogen functional groups attached to an aromatic ring is 1. The normalized spacial score (nSPS) is 20.1. The molecule has 3 aromatic heterocycles. The molecule has 4 aliphatic rings. The fourth-order valence-corrected chi connectivity index (χ4v) is 8.68. The number of likely N-dealkylation sites (tertiary alicyclic amines) is 1. The van der Waals surface area contributed by atoms with Crippen molar-refractivity contribution in [1.29, 1.82) is 0 Å². The fourth-order valence-electron chi connectivity index (χ4n) is 8.68. The Hall–Kier alpha value is -6.49. The fraction of sp³-hybridized carbons (Fsp3) is 0.366. The third-order valence-electron chi connectivity index (χ3n) is 11.8. The van der Waals surface area contributed by atoms with Gasteiger partial charge in [-0.1, -0.05) is 0 Å². The lowest BCUT2D eigenvalue weighted by molar-refractivity contribution is -0.136. The van der Waals surface area contributed by atoms with Crippen LogP contribution in [0.25, 0.3) is 16.8 Å². The summed E-state index contributed by atoms with van der Waals surface area (Å²) in [4.78, 5) is 62.3. The van der Waals surface area contributed by atoms with Crippen molar-refractivity contribution >= 4 is 35.1 Å². The molecule has 3 saturated heterocycles. The summed E-state index contributed by atoms with van der Waals surface area (Å²) in [5, 5.41) is 15.4. The van der Waals surface area contributed by atoms with Crippen LogP contribution in [0.15, 0.2) is 73.4 Å². The maximum atomic E-state index is 14.3. The maximum absolute atomic E-state index is 14.3. The van der Waals surface area contributed by atoms with Gasteiger partial charge >= 0.3 is 0 Å². The van der Waals surface area contributed by atoms with Crippen LogP contribution in [0.5, 0.6) is 5.75 Å². The van der Waals surface area contributed by atoms with Crippen molar-refractivity contribution in [2.75, 3.05) is 36.8 Å². The van der Waals surface area contributed by atoms with Crippen molar-refractivity contribution in [3.63, 3.8) is 0 Å². The van der Waals surface area contributed by atoms with E-state index in [0.717, 1.165) is 73.6 Å². The summed E-state index contributed by atoms with van der Waals surface area (Å²) in [7, 11) is 0. The minimum absolute atomic E-state index is 0.0850. The molecule has 298 valence electrons. The van der Waals surface area contributed by atoms with E-state index in [9.17, 15) is 23.6 Å². The van der Waals surface area contributed by atoms with E-state index in [0.29, 0.717) is 28.6 Å². The number of piperidine rings is 3. The quantitative estimate of drug-likeness (QED) is 0.204. The van der Waals surface area contributed by atoms with E-state index < -0.39 is 41.6 Å². The number of hydrogen-bond donors (Lipinski definition) is 2. The minimum atomic E-state index is -0.982. The molecule has 0 aliphatic carbocycles. The monoisotopic (exact) mass is 787 g/mol. The average molecular weight is 788 g/mol. The lowest BCUT2D eigenvalue weighted by Crippen LogP contribution is -2.54. The number of rotatable bonds is 9. The van der Waals surface area contributed by atoms with Crippen molar-refractivity contribution in [1.82, 2.24) is 44.9 Å². The summed E-state index contributed by atoms with van der Waals surface area (Å²) in [6, 6.07) is 11.2. The predicted octanol–water partition coefficient (Wildman–Crippen LogP) is 4.09. The Morgan fingerprint density at radius 1 is 0.828 bits per heavy atom. The number of carbonyl (C=O) groups is 4. The second kappa shape index (κ2) is 15.1. The van der Waals surface area contributed by atoms with Crippen molar-refractivity contribution in [2.45, 2.75) is 69.7 Å². The Morgan fingerprint density at radius 2 is 1.57 bits per heavy atom. The Balaban J connectivity index is 0.794. The minimum Gasteiger partial charge on any atom is -0.482 e. The molecule has 3 fully saturated rings. The molecule has 16 nitrogen and oxygen atoms in total. The van der Waals surface area contributed by atoms with Gasteiger partial charge < -0.3 is 20.3 Å². The van der Waals surface area contributed by atoms with Crippen LogP contribution in [0, 0.1) is 5.82 Å². The number of amides is 4. The Bertz CT molecular complexity index is 2400. The first kappa shape index (κ1) is 37.1. The van der Waals surface area contributed by atoms with Crippen molar-refractivity contribution in [3.8, 4) is 22.6 Å². The van der Waals surface area contributed by atoms with E-state index in [1.165, 1.54) is 16.9 Å². The van der Waals surface area contributed by atoms with E-state index in [4.69, 9.17) is 15.6 Å². The standard InChI is InChI=1S/C41H42FN11O5/c1-24(32-19-27(42)2-5-34(32)53-45-12-13-46-53)58-36-18-25(21-44-38(36)43)26-22-47-51(23-26)29-10-16-49(17-11-29)28-8-14-50(15-9-28)30-3-4-31-33(20-30)41(57)52(40(31)56)35-6-7-37(54)48-39(35)55/h2-5,12-13,18-24,28-29,35H,6-11,14-17H2,1H3,(H2,43,44)(H,48,54,55)/t24-,35?/m1/s1. The number of fused-ring (bicyclic) bond motifs is 1. The molecule has 17 heteroatoms. The molecule has 5 aromatic rings. The molecular formula is C41H42FN11O5. The Kier molecular flexibility index (Phi) is 9.67. The van der Waals surface area contributed by atoms with Gasteiger partial charge in [0.1, 0.15) is 18.0 Å². The Labute approximate surface area is 332 Å². The molecule has 4 aliphatic heterocycles. The van der Waals surface area contributed by atoms with E-state index in [1.807, 2.05) is 36.1 Å². The number of nitrogens with two attached hydrogens (primary N) is 1. The summed E-state index contributed by atoms with van der Waals surface area (Å²) in [5.74, 6) is -1.81. The molecule has 2 atom stereocenters. The first-order valence-corrected chi connectivity index (χ1v) is 19.6. The summed E-state index contributed by atoms with van der Waals surface area (Å²) < 4.78 is 22.6. The number of pyridine rings is 1. The summed E-state index contributed by atoms with van der Waals surface area (Å²) in [5.41, 5.74) is 10.5. The van der Waals surface area contributed by atoms with Crippen LogP contribution in [0.4, 0.5) is 15.9 Å². The first-order valence-electron chi connectivity index (χ1n) is 19.6. The van der Waals surface area contributed by atoms with E-state index in [-0.39, 0.29) is 30.3 Å². The highest BCUT2D eigenvalue weighted by atomic mass is 19.1. The molecule has 4 amide bonds. The van der Waals surface area contributed by atoms with Crippen LogP contribution < -0.4 is 20.7 Å². The smallest absolute Gasteiger partial charge is 0.262 e. The zero-order chi connectivity index (χ0) is 40.1. The lowest BCUT2D eigenvalue weighted by Gasteiger charge is -2.42. The van der Waals surface area contributed by atoms with Gasteiger partial charge in [-0.25, -0.2) is 9.37 Å². The Morgan fingerprint density at radius 3 is 2.33 bits per heavy atom. The number of hydrogen-bond acceptors (Lipinski definition) is 12. The number of carbonyl (C=O) groups excluding carboxylic acids is 4. The van der Waals surface area contributed by atoms with Crippen LogP contribution >= 0.6 is 0 Å². The number of aromatic nitrogens is 6. The van der Waals surface area contributed by atoms with Crippen LogP contribution in [0.1, 0.15) is 83.9 Å². The van der Waals surface area contributed by atoms with Gasteiger partial charge in [-0.3, -0.25) is 34.1 Å². The molecule has 0 saturated carbocycles. The van der Waals surface area contributed by atoms with Crippen LogP contribution in [-0.4, -0.2) is 101 Å². The van der Waals surface area contributed by atoms with Crippen molar-refractivity contribution in [2.24, 2.45) is 0 Å². The van der Waals surface area contributed by atoms with Crippen molar-refractivity contribution in [3.05, 3.63) is 96.0 Å². The van der Waals surface area contributed by atoms with E-state index >= 15 is 0 Å². The van der Waals surface area contributed by atoms with Gasteiger partial charge in [-0.05, 0) is 81.5 Å². The molecule has 0 bridgehead atoms. The molecule has 58 heavy (non-hydrogen) atoms. The third-order valence-corrected chi connectivity index (χ3v) is 11.8. The summed E-state index contributed by atoms with van der Waals surface area (Å²) in [6.45, 7) is 5.34. The van der Waals surface area contributed by atoms with Crippen LogP contribution in [0.3, 0.4) is 0 Å². The molecule has 7 heterocycles. The molecule has 1 unspecified atom stereocenters. The average Bonchev–Trinajstić information content (AvgIpc) is 4.01. The summed E-state index contributed by atoms with van der Waals surface area (Å²) in [6.07, 6.45) is 12.1. The van der Waals surface area contributed by atoms with Gasteiger partial charge in [0, 0.05) is 73.4 Å². The van der Waals surface area contributed by atoms with Gasteiger partial charge in [0.15, 0.2) is 11.6 Å². The SMILES string of the molecule is C[C@@H](Oc1cc(-c2cnn(C3CCN(C4CCN(c5ccc6c(c5)C(=O)N(C5CCC(=O)NC5=O)C6=O)CC4)CC3)c2)cnc1N)c1cc(F)ccc1-n1nccn1. The van der Waals surface area contributed by atoms with Crippen LogP contribution in [-0.2, 0) is 9.59 Å². The number of benzene rings is 2. The van der Waals surface area contributed by atoms with Crippen LogP contribution in [0.2, 0.25) is 0 Å². The zero-order valence-corrected chi connectivity index (χ0v) is 31.8. The molecule has 0 radical (unpaired) electrons. The van der Waals surface area contributed by atoms with Gasteiger partial charge in [-0.15, -0.1) is 0 Å². The second-order valence-electron chi connectivity index (χ2n) is 15.3. The predicted molar refractivity (Wildman–Crippen MR) is 208 cm³/mol. The van der Waals surface area contributed by atoms with Gasteiger partial charge in [0.2, 0.25) is 11.8 Å². The summed E-state index contributed by atoms with van der Waals surface area (Å²) >= 11 is 0. The number of nitrogens with one attached hydrogen (secondary N) is 1. The van der Waals surface area contributed by atoms with E-state index in [2.05, 4.69) is 30.3 Å². The van der Waals surface area contributed by atoms with Gasteiger partial charge in [0.05, 0.1) is 41.4 Å². The lowest BCUT2D eigenvalue weighted by atomic mass is 9.97. The largest absolute Gasteiger partial charge is 0.482 e. The number of halogens is 1. The molecule has 2 aromatic carbocycles. The van der Waals surface area contributed by atoms with E-state index in [1.54, 1.807) is 36.8 Å². The molecule has 9 rings (SSSR count). The van der Waals surface area contributed by atoms with Gasteiger partial charge in [0.25, 0.3) is 11.8 Å². The first-order chi connectivity index (χ1) is 28.1. The number of imide groups is 2. The molecule has 3 N–H and O–H groups in total. The molecular weight excluding hydrogens is 746 g/mol. The maximum Gasteiger partial charge on any atom is 0.262 e. The molecule has 0 spiro atoms. The topological polar surface area (TPSA) is 187 Å². The number of anilines is 2. The zero-order valence-electron chi connectivity index (χ0n) is 31.8. The number of nitrogens with zero attached hydrogens (tertiary/aromatic N) is 9. The third kappa shape index (κ3) is 6.95. The number of ether oxygens (including phenoxy) is 1. The highest BCUT2D eigenvalue weighted by Gasteiger charge is 2.45. The van der Waals surface area contributed by atoms with Gasteiger partial charge in [-0.2, -0.15) is 20.1 Å². The van der Waals surface area contributed by atoms with Crippen molar-refractivity contribution < 1.29 is 28.3 Å².